The summed E-state index contributed by atoms with van der Waals surface area (Å²) >= 11 is 0. The van der Waals surface area contributed by atoms with E-state index in [1.807, 2.05) is 0 Å². The molecule has 1 atom stereocenters. The average molecular weight is 180 g/mol. The normalized spacial score (nSPS) is 26.5. The second-order valence-electron chi connectivity index (χ2n) is 3.13. The zero-order valence-electron chi connectivity index (χ0n) is 7.55. The Kier molecular flexibility index (Phi) is 2.35. The van der Waals surface area contributed by atoms with Crippen molar-refractivity contribution in [2.24, 2.45) is 11.0 Å². The standard InChI is InChI=1S/C8H12N4O/c1-7-4-13-3-2-8(7)11-12-6-9-5-10-12/h5-7H,2-4H2,1H3/b11-8-. The van der Waals surface area contributed by atoms with E-state index in [9.17, 15) is 0 Å². The Hall–Kier alpha value is -1.23. The first-order chi connectivity index (χ1) is 6.36. The minimum absolute atomic E-state index is 0.387. The third-order valence-corrected chi connectivity index (χ3v) is 2.08. The smallest absolute Gasteiger partial charge is 0.139 e. The topological polar surface area (TPSA) is 52.3 Å². The van der Waals surface area contributed by atoms with E-state index in [0.29, 0.717) is 5.92 Å². The third kappa shape index (κ3) is 1.92. The van der Waals surface area contributed by atoms with Gasteiger partial charge in [0.25, 0.3) is 0 Å². The van der Waals surface area contributed by atoms with Crippen molar-refractivity contribution in [3.05, 3.63) is 12.7 Å². The number of hydrogen-bond donors (Lipinski definition) is 0. The van der Waals surface area contributed by atoms with E-state index in [0.717, 1.165) is 25.3 Å². The van der Waals surface area contributed by atoms with E-state index in [2.05, 4.69) is 22.1 Å². The van der Waals surface area contributed by atoms with Crippen molar-refractivity contribution in [1.82, 2.24) is 14.9 Å². The Labute approximate surface area is 76.4 Å². The lowest BCUT2D eigenvalue weighted by Crippen LogP contribution is -2.26. The molecule has 1 aromatic rings. The van der Waals surface area contributed by atoms with Gasteiger partial charge in [0.2, 0.25) is 0 Å². The van der Waals surface area contributed by atoms with Gasteiger partial charge in [-0.15, -0.1) is 9.89 Å². The summed E-state index contributed by atoms with van der Waals surface area (Å²) in [5.74, 6) is 0.387. The van der Waals surface area contributed by atoms with Crippen molar-refractivity contribution in [2.75, 3.05) is 13.2 Å². The number of nitrogens with zero attached hydrogens (tertiary/aromatic N) is 4. The Morgan fingerprint density at radius 1 is 1.69 bits per heavy atom. The molecule has 0 radical (unpaired) electrons. The predicted octanol–water partition coefficient (Wildman–Crippen LogP) is 0.539. The molecule has 70 valence electrons. The van der Waals surface area contributed by atoms with Crippen LogP contribution >= 0.6 is 0 Å². The molecule has 0 amide bonds. The Morgan fingerprint density at radius 3 is 3.31 bits per heavy atom. The van der Waals surface area contributed by atoms with Gasteiger partial charge >= 0.3 is 0 Å². The zero-order chi connectivity index (χ0) is 9.10. The van der Waals surface area contributed by atoms with Crippen molar-refractivity contribution >= 4 is 5.71 Å². The van der Waals surface area contributed by atoms with Crippen LogP contribution in [-0.2, 0) is 4.74 Å². The lowest BCUT2D eigenvalue weighted by Gasteiger charge is -2.20. The maximum atomic E-state index is 5.31. The molecule has 5 nitrogen and oxygen atoms in total. The van der Waals surface area contributed by atoms with Gasteiger partial charge in [0, 0.05) is 18.1 Å². The van der Waals surface area contributed by atoms with E-state index in [1.54, 1.807) is 6.33 Å². The number of aromatic nitrogens is 3. The molecule has 1 aliphatic heterocycles. The van der Waals surface area contributed by atoms with Crippen LogP contribution in [0.25, 0.3) is 0 Å². The predicted molar refractivity (Wildman–Crippen MR) is 47.5 cm³/mol. The number of hydrogen-bond acceptors (Lipinski definition) is 4. The Balaban J connectivity index is 2.14. The number of ether oxygens (including phenoxy) is 1. The maximum absolute atomic E-state index is 5.31. The van der Waals surface area contributed by atoms with Gasteiger partial charge in [-0.2, -0.15) is 5.10 Å². The van der Waals surface area contributed by atoms with E-state index < -0.39 is 0 Å². The first kappa shape index (κ1) is 8.37. The van der Waals surface area contributed by atoms with Gasteiger partial charge in [-0.1, -0.05) is 6.92 Å². The molecule has 1 aromatic heterocycles. The summed E-state index contributed by atoms with van der Waals surface area (Å²) in [6, 6.07) is 0. The minimum Gasteiger partial charge on any atom is -0.380 e. The highest BCUT2D eigenvalue weighted by Gasteiger charge is 2.16. The SMILES string of the molecule is CC1COCC/C1=N/n1cncn1. The largest absolute Gasteiger partial charge is 0.380 e. The van der Waals surface area contributed by atoms with Crippen molar-refractivity contribution in [3.63, 3.8) is 0 Å². The van der Waals surface area contributed by atoms with E-state index in [1.165, 1.54) is 11.1 Å². The van der Waals surface area contributed by atoms with Crippen LogP contribution < -0.4 is 0 Å². The van der Waals surface area contributed by atoms with Crippen LogP contribution in [0.1, 0.15) is 13.3 Å². The monoisotopic (exact) mass is 180 g/mol. The Morgan fingerprint density at radius 2 is 2.62 bits per heavy atom. The average Bonchev–Trinajstić information content (AvgIpc) is 2.61. The molecule has 1 fully saturated rings. The van der Waals surface area contributed by atoms with Crippen LogP contribution in [0.15, 0.2) is 17.8 Å². The van der Waals surface area contributed by atoms with Gasteiger partial charge in [-0.05, 0) is 0 Å². The molecule has 0 spiro atoms. The van der Waals surface area contributed by atoms with Gasteiger partial charge < -0.3 is 4.74 Å². The molecule has 2 rings (SSSR count). The van der Waals surface area contributed by atoms with Gasteiger partial charge in [0.15, 0.2) is 0 Å². The zero-order valence-corrected chi connectivity index (χ0v) is 7.55. The molecular formula is C8H12N4O. The second-order valence-corrected chi connectivity index (χ2v) is 3.13. The summed E-state index contributed by atoms with van der Waals surface area (Å²) < 4.78 is 5.31. The molecular weight excluding hydrogens is 168 g/mol. The molecule has 1 aliphatic rings. The van der Waals surface area contributed by atoms with E-state index in [4.69, 9.17) is 4.74 Å². The molecule has 13 heavy (non-hydrogen) atoms. The molecule has 5 heteroatoms. The molecule has 0 aliphatic carbocycles. The third-order valence-electron chi connectivity index (χ3n) is 2.08. The maximum Gasteiger partial charge on any atom is 0.139 e. The second kappa shape index (κ2) is 3.66. The summed E-state index contributed by atoms with van der Waals surface area (Å²) in [7, 11) is 0. The quantitative estimate of drug-likeness (QED) is 0.633. The summed E-state index contributed by atoms with van der Waals surface area (Å²) in [6.07, 6.45) is 3.96. The van der Waals surface area contributed by atoms with Crippen LogP contribution in [0.5, 0.6) is 0 Å². The lowest BCUT2D eigenvalue weighted by molar-refractivity contribution is 0.110. The highest BCUT2D eigenvalue weighted by atomic mass is 16.5. The Bertz CT molecular complexity index is 293. The lowest BCUT2D eigenvalue weighted by atomic mass is 10.0. The molecule has 0 bridgehead atoms. The van der Waals surface area contributed by atoms with Gasteiger partial charge in [0.1, 0.15) is 12.7 Å². The van der Waals surface area contributed by atoms with Gasteiger partial charge in [-0.25, -0.2) is 4.98 Å². The molecule has 1 saturated heterocycles. The van der Waals surface area contributed by atoms with Crippen molar-refractivity contribution in [2.45, 2.75) is 13.3 Å². The highest BCUT2D eigenvalue weighted by molar-refractivity contribution is 5.87. The van der Waals surface area contributed by atoms with E-state index >= 15 is 0 Å². The minimum atomic E-state index is 0.387. The van der Waals surface area contributed by atoms with E-state index in [-0.39, 0.29) is 0 Å². The highest BCUT2D eigenvalue weighted by Crippen LogP contribution is 2.10. The van der Waals surface area contributed by atoms with Crippen LogP contribution in [0.3, 0.4) is 0 Å². The fourth-order valence-corrected chi connectivity index (χ4v) is 1.31. The van der Waals surface area contributed by atoms with Gasteiger partial charge in [-0.3, -0.25) is 0 Å². The molecule has 0 N–H and O–H groups in total. The van der Waals surface area contributed by atoms with Crippen molar-refractivity contribution < 1.29 is 4.74 Å². The van der Waals surface area contributed by atoms with Crippen LogP contribution in [0.4, 0.5) is 0 Å². The van der Waals surface area contributed by atoms with Crippen LogP contribution in [0, 0.1) is 5.92 Å². The molecule has 0 aromatic carbocycles. The molecule has 2 heterocycles. The van der Waals surface area contributed by atoms with Crippen LogP contribution in [0.2, 0.25) is 0 Å². The fourth-order valence-electron chi connectivity index (χ4n) is 1.31. The van der Waals surface area contributed by atoms with Crippen LogP contribution in [-0.4, -0.2) is 33.8 Å². The van der Waals surface area contributed by atoms with Gasteiger partial charge in [0.05, 0.1) is 13.2 Å². The fraction of sp³-hybridized carbons (Fsp3) is 0.625. The van der Waals surface area contributed by atoms with Crippen molar-refractivity contribution in [3.8, 4) is 0 Å². The first-order valence-electron chi connectivity index (χ1n) is 4.36. The summed E-state index contributed by atoms with van der Waals surface area (Å²) in [5, 5.41) is 8.26. The summed E-state index contributed by atoms with van der Waals surface area (Å²) in [6.45, 7) is 3.63. The first-order valence-corrected chi connectivity index (χ1v) is 4.36. The number of rotatable bonds is 1. The summed E-state index contributed by atoms with van der Waals surface area (Å²) in [5.41, 5.74) is 1.14. The molecule has 0 saturated carbocycles. The summed E-state index contributed by atoms with van der Waals surface area (Å²) in [4.78, 5) is 5.32. The molecule has 1 unspecified atom stereocenters. The van der Waals surface area contributed by atoms with Crippen molar-refractivity contribution in [1.29, 1.82) is 0 Å².